The molecule has 0 fully saturated rings. The molecule has 1 heterocycles. The van der Waals surface area contributed by atoms with Gasteiger partial charge in [-0.1, -0.05) is 24.3 Å². The first kappa shape index (κ1) is 9.69. The minimum atomic E-state index is 0.267. The fourth-order valence-electron chi connectivity index (χ4n) is 2.28. The maximum absolute atomic E-state index is 9.04. The zero-order valence-electron chi connectivity index (χ0n) is 8.61. The van der Waals surface area contributed by atoms with Gasteiger partial charge in [-0.05, 0) is 31.0 Å². The molecular formula is C12H17NO. The van der Waals surface area contributed by atoms with Gasteiger partial charge in [0.15, 0.2) is 0 Å². The molecule has 0 radical (unpaired) electrons. The van der Waals surface area contributed by atoms with Gasteiger partial charge < -0.3 is 5.11 Å². The molecule has 0 saturated heterocycles. The molecule has 2 rings (SSSR count). The first-order valence-corrected chi connectivity index (χ1v) is 5.22. The lowest BCUT2D eigenvalue weighted by Crippen LogP contribution is -2.32. The monoisotopic (exact) mass is 191 g/mol. The Balaban J connectivity index is 2.31. The first-order chi connectivity index (χ1) is 6.83. The molecule has 0 amide bonds. The molecule has 1 N–H and O–H groups in total. The maximum atomic E-state index is 9.04. The van der Waals surface area contributed by atoms with Crippen LogP contribution < -0.4 is 0 Å². The van der Waals surface area contributed by atoms with E-state index >= 15 is 0 Å². The molecule has 0 saturated carbocycles. The average Bonchev–Trinajstić information content (AvgIpc) is 2.23. The summed E-state index contributed by atoms with van der Waals surface area (Å²) in [5, 5.41) is 9.04. The van der Waals surface area contributed by atoms with Crippen molar-refractivity contribution in [3.05, 3.63) is 35.4 Å². The Hall–Kier alpha value is -0.860. The Morgan fingerprint density at radius 2 is 2.21 bits per heavy atom. The molecule has 0 aromatic heterocycles. The summed E-state index contributed by atoms with van der Waals surface area (Å²) in [6, 6.07) is 8.98. The standard InChI is InChI=1S/C12H17NO/c1-13-8-6-10-4-2-3-5-11(10)12(13)7-9-14/h2-5,12,14H,6-9H2,1H3. The highest BCUT2D eigenvalue weighted by molar-refractivity contribution is 5.32. The second-order valence-electron chi connectivity index (χ2n) is 3.96. The number of benzene rings is 1. The zero-order chi connectivity index (χ0) is 9.97. The summed E-state index contributed by atoms with van der Waals surface area (Å²) in [5.74, 6) is 0. The smallest absolute Gasteiger partial charge is 0.0449 e. The SMILES string of the molecule is CN1CCc2ccccc2C1CCO. The van der Waals surface area contributed by atoms with Crippen molar-refractivity contribution >= 4 is 0 Å². The molecule has 0 aliphatic carbocycles. The highest BCUT2D eigenvalue weighted by atomic mass is 16.3. The van der Waals surface area contributed by atoms with Crippen molar-refractivity contribution in [1.29, 1.82) is 0 Å². The van der Waals surface area contributed by atoms with Crippen LogP contribution in [0, 0.1) is 0 Å². The Kier molecular flexibility index (Phi) is 2.85. The van der Waals surface area contributed by atoms with Crippen molar-refractivity contribution in [2.24, 2.45) is 0 Å². The normalized spacial score (nSPS) is 22.0. The lowest BCUT2D eigenvalue weighted by atomic mass is 9.91. The van der Waals surface area contributed by atoms with Crippen LogP contribution in [0.5, 0.6) is 0 Å². The van der Waals surface area contributed by atoms with Crippen LogP contribution in [-0.4, -0.2) is 30.2 Å². The lowest BCUT2D eigenvalue weighted by Gasteiger charge is -2.34. The van der Waals surface area contributed by atoms with Gasteiger partial charge >= 0.3 is 0 Å². The van der Waals surface area contributed by atoms with Crippen LogP contribution in [0.1, 0.15) is 23.6 Å². The van der Waals surface area contributed by atoms with Crippen molar-refractivity contribution in [1.82, 2.24) is 4.90 Å². The van der Waals surface area contributed by atoms with Crippen LogP contribution >= 0.6 is 0 Å². The molecule has 1 unspecified atom stereocenters. The van der Waals surface area contributed by atoms with E-state index in [1.54, 1.807) is 0 Å². The molecule has 1 aromatic rings. The van der Waals surface area contributed by atoms with E-state index in [0.29, 0.717) is 6.04 Å². The summed E-state index contributed by atoms with van der Waals surface area (Å²) in [7, 11) is 2.14. The Labute approximate surface area is 85.2 Å². The number of rotatable bonds is 2. The van der Waals surface area contributed by atoms with E-state index in [9.17, 15) is 0 Å². The second-order valence-corrected chi connectivity index (χ2v) is 3.96. The van der Waals surface area contributed by atoms with Gasteiger partial charge in [0.2, 0.25) is 0 Å². The molecule has 76 valence electrons. The van der Waals surface area contributed by atoms with Crippen molar-refractivity contribution in [2.45, 2.75) is 18.9 Å². The Morgan fingerprint density at radius 3 is 3.00 bits per heavy atom. The Morgan fingerprint density at radius 1 is 1.43 bits per heavy atom. The lowest BCUT2D eigenvalue weighted by molar-refractivity contribution is 0.177. The van der Waals surface area contributed by atoms with Gasteiger partial charge in [-0.25, -0.2) is 0 Å². The van der Waals surface area contributed by atoms with Crippen molar-refractivity contribution < 1.29 is 5.11 Å². The second kappa shape index (κ2) is 4.11. The van der Waals surface area contributed by atoms with Gasteiger partial charge in [-0.3, -0.25) is 4.90 Å². The van der Waals surface area contributed by atoms with Crippen molar-refractivity contribution in [3.8, 4) is 0 Å². The van der Waals surface area contributed by atoms with Gasteiger partial charge in [0, 0.05) is 19.2 Å². The molecule has 2 nitrogen and oxygen atoms in total. The molecule has 1 aromatic carbocycles. The fraction of sp³-hybridized carbons (Fsp3) is 0.500. The van der Waals surface area contributed by atoms with Gasteiger partial charge in [-0.2, -0.15) is 0 Å². The number of aliphatic hydroxyl groups is 1. The predicted octanol–water partition coefficient (Wildman–Crippen LogP) is 1.60. The fourth-order valence-corrected chi connectivity index (χ4v) is 2.28. The van der Waals surface area contributed by atoms with E-state index in [2.05, 4.69) is 36.2 Å². The topological polar surface area (TPSA) is 23.5 Å². The van der Waals surface area contributed by atoms with E-state index < -0.39 is 0 Å². The van der Waals surface area contributed by atoms with Crippen LogP contribution in [0.2, 0.25) is 0 Å². The third kappa shape index (κ3) is 1.68. The number of likely N-dealkylation sites (N-methyl/N-ethyl adjacent to an activating group) is 1. The van der Waals surface area contributed by atoms with Crippen LogP contribution in [0.4, 0.5) is 0 Å². The van der Waals surface area contributed by atoms with Gasteiger partial charge in [-0.15, -0.1) is 0 Å². The highest BCUT2D eigenvalue weighted by Crippen LogP contribution is 2.30. The molecule has 1 aliphatic heterocycles. The quantitative estimate of drug-likeness (QED) is 0.767. The van der Waals surface area contributed by atoms with Crippen LogP contribution in [-0.2, 0) is 6.42 Å². The van der Waals surface area contributed by atoms with E-state index in [-0.39, 0.29) is 6.61 Å². The zero-order valence-corrected chi connectivity index (χ0v) is 8.61. The van der Waals surface area contributed by atoms with Crippen LogP contribution in [0.15, 0.2) is 24.3 Å². The number of fused-ring (bicyclic) bond motifs is 1. The first-order valence-electron chi connectivity index (χ1n) is 5.22. The van der Waals surface area contributed by atoms with E-state index in [1.807, 2.05) is 0 Å². The minimum absolute atomic E-state index is 0.267. The third-order valence-corrected chi connectivity index (χ3v) is 3.08. The predicted molar refractivity (Wildman–Crippen MR) is 57.2 cm³/mol. The molecule has 1 aliphatic rings. The van der Waals surface area contributed by atoms with E-state index in [1.165, 1.54) is 11.1 Å². The van der Waals surface area contributed by atoms with Crippen LogP contribution in [0.3, 0.4) is 0 Å². The highest BCUT2D eigenvalue weighted by Gasteiger charge is 2.23. The van der Waals surface area contributed by atoms with E-state index in [4.69, 9.17) is 5.11 Å². The van der Waals surface area contributed by atoms with Crippen molar-refractivity contribution in [3.63, 3.8) is 0 Å². The summed E-state index contributed by atoms with van der Waals surface area (Å²) < 4.78 is 0. The molecule has 0 bridgehead atoms. The third-order valence-electron chi connectivity index (χ3n) is 3.08. The van der Waals surface area contributed by atoms with Crippen LogP contribution in [0.25, 0.3) is 0 Å². The van der Waals surface area contributed by atoms with Crippen molar-refractivity contribution in [2.75, 3.05) is 20.2 Å². The number of aliphatic hydroxyl groups excluding tert-OH is 1. The summed E-state index contributed by atoms with van der Waals surface area (Å²) >= 11 is 0. The molecular weight excluding hydrogens is 174 g/mol. The summed E-state index contributed by atoms with van der Waals surface area (Å²) in [6.07, 6.45) is 1.97. The van der Waals surface area contributed by atoms with Gasteiger partial charge in [0.1, 0.15) is 0 Å². The number of nitrogens with zero attached hydrogens (tertiary/aromatic N) is 1. The molecule has 2 heteroatoms. The number of hydrogen-bond acceptors (Lipinski definition) is 2. The van der Waals surface area contributed by atoms with E-state index in [0.717, 1.165) is 19.4 Å². The summed E-state index contributed by atoms with van der Waals surface area (Å²) in [6.45, 7) is 1.37. The Bertz CT molecular complexity index is 311. The summed E-state index contributed by atoms with van der Waals surface area (Å²) in [5.41, 5.74) is 2.85. The molecule has 0 spiro atoms. The summed E-state index contributed by atoms with van der Waals surface area (Å²) in [4.78, 5) is 2.33. The molecule has 14 heavy (non-hydrogen) atoms. The largest absolute Gasteiger partial charge is 0.396 e. The average molecular weight is 191 g/mol. The minimum Gasteiger partial charge on any atom is -0.396 e. The van der Waals surface area contributed by atoms with Gasteiger partial charge in [0.25, 0.3) is 0 Å². The maximum Gasteiger partial charge on any atom is 0.0449 e. The number of hydrogen-bond donors (Lipinski definition) is 1. The van der Waals surface area contributed by atoms with Gasteiger partial charge in [0.05, 0.1) is 0 Å². The molecule has 1 atom stereocenters.